The van der Waals surface area contributed by atoms with E-state index < -0.39 is 15.1 Å². The van der Waals surface area contributed by atoms with Gasteiger partial charge >= 0.3 is 0 Å². The average molecular weight is 538 g/mol. The van der Waals surface area contributed by atoms with Crippen molar-refractivity contribution in [2.45, 2.75) is 69.6 Å². The molecule has 0 aliphatic carbocycles. The highest BCUT2D eigenvalue weighted by atomic mass is 32.2. The topological polar surface area (TPSA) is 110 Å². The molecule has 9 heteroatoms. The Morgan fingerprint density at radius 3 is 2.42 bits per heavy atom. The molecule has 1 saturated heterocycles. The van der Waals surface area contributed by atoms with E-state index >= 15 is 0 Å². The molecule has 3 aromatic rings. The van der Waals surface area contributed by atoms with E-state index in [0.717, 1.165) is 37.2 Å². The number of ether oxygens (including phenoxy) is 1. The lowest BCUT2D eigenvalue weighted by molar-refractivity contribution is 0.240. The first kappa shape index (κ1) is 27.9. The summed E-state index contributed by atoms with van der Waals surface area (Å²) >= 11 is 0. The fourth-order valence-electron chi connectivity index (χ4n) is 4.91. The van der Waals surface area contributed by atoms with Crippen molar-refractivity contribution < 1.29 is 13.2 Å². The van der Waals surface area contributed by atoms with Gasteiger partial charge in [-0.2, -0.15) is 4.98 Å². The highest BCUT2D eigenvalue weighted by Crippen LogP contribution is 2.41. The van der Waals surface area contributed by atoms with Crippen LogP contribution in [0.2, 0.25) is 0 Å². The summed E-state index contributed by atoms with van der Waals surface area (Å²) in [5, 5.41) is 2.68. The third kappa shape index (κ3) is 5.94. The largest absolute Gasteiger partial charge is 0.490 e. The molecule has 3 N–H and O–H groups in total. The van der Waals surface area contributed by atoms with Crippen LogP contribution in [0.25, 0.3) is 11.1 Å². The Hall–Kier alpha value is -3.17. The van der Waals surface area contributed by atoms with Crippen molar-refractivity contribution in [2.24, 2.45) is 0 Å². The SMILES string of the molecule is Cc1cc(-c2cnc(N)nc2Nc2ccccc2S(=O)(=O)C(C)C)c(OC(C)C)cc1C1CCN(C)CC1. The highest BCUT2D eigenvalue weighted by molar-refractivity contribution is 7.92. The van der Waals surface area contributed by atoms with Crippen LogP contribution in [-0.4, -0.2) is 54.8 Å². The first-order valence-electron chi connectivity index (χ1n) is 13.2. The van der Waals surface area contributed by atoms with Gasteiger partial charge in [-0.1, -0.05) is 12.1 Å². The molecule has 38 heavy (non-hydrogen) atoms. The van der Waals surface area contributed by atoms with Gasteiger partial charge in [0.25, 0.3) is 0 Å². The van der Waals surface area contributed by atoms with Crippen LogP contribution in [0.15, 0.2) is 47.5 Å². The van der Waals surface area contributed by atoms with E-state index in [-0.39, 0.29) is 16.9 Å². The van der Waals surface area contributed by atoms with E-state index in [4.69, 9.17) is 10.5 Å². The van der Waals surface area contributed by atoms with Gasteiger partial charge in [-0.3, -0.25) is 0 Å². The number of benzene rings is 2. The molecule has 4 rings (SSSR count). The summed E-state index contributed by atoms with van der Waals surface area (Å²) in [4.78, 5) is 11.3. The molecule has 1 aliphatic rings. The van der Waals surface area contributed by atoms with Gasteiger partial charge in [0.05, 0.1) is 21.9 Å². The number of nitrogens with one attached hydrogen (secondary N) is 1. The Kier molecular flexibility index (Phi) is 8.28. The Labute approximate surface area is 226 Å². The molecular formula is C29H39N5O3S. The number of para-hydroxylation sites is 1. The van der Waals surface area contributed by atoms with Crippen LogP contribution >= 0.6 is 0 Å². The molecule has 0 amide bonds. The number of likely N-dealkylation sites (tertiary alicyclic amines) is 1. The molecule has 2 heterocycles. The standard InChI is InChI=1S/C29H39N5O3S/c1-18(2)37-26-16-22(21-11-13-34(6)14-12-21)20(5)15-23(26)24-17-31-29(30)33-28(24)32-25-9-7-8-10-27(25)38(35,36)19(3)4/h7-10,15-19,21H,11-14H2,1-6H3,(H3,30,31,32,33). The number of nitrogens with zero attached hydrogens (tertiary/aromatic N) is 3. The molecule has 1 fully saturated rings. The average Bonchev–Trinajstić information content (AvgIpc) is 2.86. The van der Waals surface area contributed by atoms with Crippen LogP contribution in [0.3, 0.4) is 0 Å². The third-order valence-electron chi connectivity index (χ3n) is 7.05. The van der Waals surface area contributed by atoms with E-state index in [1.165, 1.54) is 11.1 Å². The summed E-state index contributed by atoms with van der Waals surface area (Å²) in [5.74, 6) is 1.73. The molecule has 2 aromatic carbocycles. The Morgan fingerprint density at radius 2 is 1.76 bits per heavy atom. The first-order chi connectivity index (χ1) is 18.0. The molecule has 0 radical (unpaired) electrons. The maximum absolute atomic E-state index is 13.1. The second kappa shape index (κ2) is 11.3. The van der Waals surface area contributed by atoms with Gasteiger partial charge in [0.2, 0.25) is 5.95 Å². The van der Waals surface area contributed by atoms with Crippen molar-refractivity contribution >= 4 is 27.3 Å². The Balaban J connectivity index is 1.82. The van der Waals surface area contributed by atoms with Crippen LogP contribution in [0, 0.1) is 6.92 Å². The normalized spacial score (nSPS) is 15.3. The van der Waals surface area contributed by atoms with Crippen LogP contribution in [0.1, 0.15) is 57.6 Å². The summed E-state index contributed by atoms with van der Waals surface area (Å²) in [6.45, 7) is 11.6. The molecule has 204 valence electrons. The number of rotatable bonds is 8. The van der Waals surface area contributed by atoms with Gasteiger partial charge < -0.3 is 20.7 Å². The zero-order valence-corrected chi connectivity index (χ0v) is 24.0. The van der Waals surface area contributed by atoms with Crippen molar-refractivity contribution in [3.05, 3.63) is 53.7 Å². The van der Waals surface area contributed by atoms with Crippen molar-refractivity contribution in [1.82, 2.24) is 14.9 Å². The smallest absolute Gasteiger partial charge is 0.221 e. The zero-order valence-electron chi connectivity index (χ0n) is 23.2. The maximum atomic E-state index is 13.1. The van der Waals surface area contributed by atoms with Gasteiger partial charge in [0.1, 0.15) is 11.6 Å². The summed E-state index contributed by atoms with van der Waals surface area (Å²) in [7, 11) is -1.37. The van der Waals surface area contributed by atoms with Crippen LogP contribution < -0.4 is 15.8 Å². The molecule has 0 unspecified atom stereocenters. The van der Waals surface area contributed by atoms with Gasteiger partial charge in [-0.05, 0) is 109 Å². The van der Waals surface area contributed by atoms with Crippen molar-refractivity contribution in [3.8, 4) is 16.9 Å². The number of nitrogens with two attached hydrogens (primary N) is 1. The summed E-state index contributed by atoms with van der Waals surface area (Å²) in [5.41, 5.74) is 10.4. The highest BCUT2D eigenvalue weighted by Gasteiger charge is 2.26. The molecule has 0 spiro atoms. The fraction of sp³-hybridized carbons (Fsp3) is 0.448. The lowest BCUT2D eigenvalue weighted by atomic mass is 9.85. The summed E-state index contributed by atoms with van der Waals surface area (Å²) in [6, 6.07) is 11.1. The predicted molar refractivity (Wildman–Crippen MR) is 154 cm³/mol. The minimum absolute atomic E-state index is 0.0372. The number of hydrogen-bond acceptors (Lipinski definition) is 8. The van der Waals surface area contributed by atoms with E-state index in [1.54, 1.807) is 44.3 Å². The van der Waals surface area contributed by atoms with Crippen molar-refractivity contribution in [2.75, 3.05) is 31.2 Å². The van der Waals surface area contributed by atoms with Crippen LogP contribution in [-0.2, 0) is 9.84 Å². The number of piperidine rings is 1. The maximum Gasteiger partial charge on any atom is 0.221 e. The minimum atomic E-state index is -3.53. The minimum Gasteiger partial charge on any atom is -0.490 e. The lowest BCUT2D eigenvalue weighted by Gasteiger charge is -2.31. The van der Waals surface area contributed by atoms with E-state index in [9.17, 15) is 8.42 Å². The molecule has 0 bridgehead atoms. The Bertz CT molecular complexity index is 1400. The molecule has 0 saturated carbocycles. The second-order valence-electron chi connectivity index (χ2n) is 10.7. The molecule has 8 nitrogen and oxygen atoms in total. The molecule has 1 aliphatic heterocycles. The van der Waals surface area contributed by atoms with Crippen molar-refractivity contribution in [3.63, 3.8) is 0 Å². The summed E-state index contributed by atoms with van der Waals surface area (Å²) < 4.78 is 32.5. The summed E-state index contributed by atoms with van der Waals surface area (Å²) in [6.07, 6.45) is 3.85. The lowest BCUT2D eigenvalue weighted by Crippen LogP contribution is -2.29. The van der Waals surface area contributed by atoms with Crippen molar-refractivity contribution in [1.29, 1.82) is 0 Å². The first-order valence-corrected chi connectivity index (χ1v) is 14.7. The van der Waals surface area contributed by atoms with Crippen LogP contribution in [0.5, 0.6) is 5.75 Å². The third-order valence-corrected chi connectivity index (χ3v) is 9.26. The van der Waals surface area contributed by atoms with Gasteiger partial charge in [-0.15, -0.1) is 0 Å². The fourth-order valence-corrected chi connectivity index (χ4v) is 6.11. The van der Waals surface area contributed by atoms with E-state index in [0.29, 0.717) is 23.0 Å². The van der Waals surface area contributed by atoms with E-state index in [2.05, 4.69) is 46.3 Å². The van der Waals surface area contributed by atoms with Gasteiger partial charge in [0.15, 0.2) is 9.84 Å². The number of sulfone groups is 1. The number of aryl methyl sites for hydroxylation is 1. The van der Waals surface area contributed by atoms with Gasteiger partial charge in [0, 0.05) is 17.3 Å². The zero-order chi connectivity index (χ0) is 27.6. The quantitative estimate of drug-likeness (QED) is 0.384. The monoisotopic (exact) mass is 537 g/mol. The molecular weight excluding hydrogens is 498 g/mol. The number of anilines is 3. The number of hydrogen-bond donors (Lipinski definition) is 2. The predicted octanol–water partition coefficient (Wildman–Crippen LogP) is 5.56. The Morgan fingerprint density at radius 1 is 1.08 bits per heavy atom. The second-order valence-corrected chi connectivity index (χ2v) is 13.1. The van der Waals surface area contributed by atoms with E-state index in [1.807, 2.05) is 13.8 Å². The van der Waals surface area contributed by atoms with Gasteiger partial charge in [-0.25, -0.2) is 13.4 Å². The number of aromatic nitrogens is 2. The molecule has 0 atom stereocenters. The molecule has 1 aromatic heterocycles. The number of nitrogen functional groups attached to an aromatic ring is 1. The van der Waals surface area contributed by atoms with Crippen LogP contribution in [0.4, 0.5) is 17.5 Å².